The van der Waals surface area contributed by atoms with E-state index in [1.54, 1.807) is 14.1 Å². The number of rotatable bonds is 8. The summed E-state index contributed by atoms with van der Waals surface area (Å²) in [6, 6.07) is 16.1. The average Bonchev–Trinajstić information content (AvgIpc) is 2.70. The zero-order valence-corrected chi connectivity index (χ0v) is 17.2. The summed E-state index contributed by atoms with van der Waals surface area (Å²) < 4.78 is 0. The molecule has 6 nitrogen and oxygen atoms in total. The van der Waals surface area contributed by atoms with E-state index >= 15 is 0 Å². The van der Waals surface area contributed by atoms with Crippen LogP contribution < -0.4 is 16.0 Å². The molecule has 6 heteroatoms. The molecular formula is C22H31N5O. The van der Waals surface area contributed by atoms with E-state index in [9.17, 15) is 4.79 Å². The van der Waals surface area contributed by atoms with Gasteiger partial charge in [0.2, 0.25) is 0 Å². The maximum Gasteiger partial charge on any atom is 0.251 e. The van der Waals surface area contributed by atoms with Crippen LogP contribution >= 0.6 is 0 Å². The molecule has 2 aromatic rings. The molecular weight excluding hydrogens is 350 g/mol. The first kappa shape index (κ1) is 21.4. The van der Waals surface area contributed by atoms with Gasteiger partial charge in [0.15, 0.2) is 5.96 Å². The summed E-state index contributed by atoms with van der Waals surface area (Å²) in [5.41, 5.74) is 4.36. The number of carbonyl (C=O) groups is 1. The number of aliphatic imine (C=N–C) groups is 1. The Morgan fingerprint density at radius 3 is 2.46 bits per heavy atom. The first-order valence-electron chi connectivity index (χ1n) is 9.50. The van der Waals surface area contributed by atoms with Gasteiger partial charge in [0, 0.05) is 39.3 Å². The van der Waals surface area contributed by atoms with Crippen molar-refractivity contribution in [2.75, 3.05) is 34.7 Å². The van der Waals surface area contributed by atoms with E-state index in [-0.39, 0.29) is 5.91 Å². The van der Waals surface area contributed by atoms with Crippen LogP contribution in [-0.2, 0) is 19.5 Å². The second-order valence-corrected chi connectivity index (χ2v) is 6.89. The summed E-state index contributed by atoms with van der Waals surface area (Å²) in [6.07, 6.45) is 0.808. The van der Waals surface area contributed by atoms with E-state index in [0.29, 0.717) is 5.56 Å². The number of guanidine groups is 1. The second-order valence-electron chi connectivity index (χ2n) is 6.89. The van der Waals surface area contributed by atoms with E-state index in [1.165, 1.54) is 11.1 Å². The first-order chi connectivity index (χ1) is 13.5. The molecule has 0 aliphatic carbocycles. The highest BCUT2D eigenvalue weighted by Gasteiger charge is 2.06. The van der Waals surface area contributed by atoms with Crippen molar-refractivity contribution in [3.63, 3.8) is 0 Å². The van der Waals surface area contributed by atoms with E-state index in [1.807, 2.05) is 24.3 Å². The maximum absolute atomic E-state index is 11.7. The summed E-state index contributed by atoms with van der Waals surface area (Å²) in [7, 11) is 7.56. The van der Waals surface area contributed by atoms with Crippen molar-refractivity contribution >= 4 is 11.9 Å². The Morgan fingerprint density at radius 1 is 1.04 bits per heavy atom. The number of hydrogen-bond donors (Lipinski definition) is 3. The van der Waals surface area contributed by atoms with Gasteiger partial charge in [-0.2, -0.15) is 0 Å². The Labute approximate surface area is 168 Å². The fourth-order valence-electron chi connectivity index (χ4n) is 2.96. The SMILES string of the molecule is CN=C(NCCc1cccc(C(=O)NC)c1)NCc1ccccc1CN(C)C. The lowest BCUT2D eigenvalue weighted by molar-refractivity contribution is 0.0963. The molecule has 28 heavy (non-hydrogen) atoms. The number of carbonyl (C=O) groups excluding carboxylic acids is 1. The van der Waals surface area contributed by atoms with Gasteiger partial charge in [-0.25, -0.2) is 0 Å². The summed E-state index contributed by atoms with van der Waals surface area (Å²) in [6.45, 7) is 2.36. The molecule has 0 aliphatic rings. The van der Waals surface area contributed by atoms with Crippen molar-refractivity contribution in [2.24, 2.45) is 4.99 Å². The molecule has 0 aliphatic heterocycles. The van der Waals surface area contributed by atoms with Gasteiger partial charge >= 0.3 is 0 Å². The highest BCUT2D eigenvalue weighted by atomic mass is 16.1. The minimum Gasteiger partial charge on any atom is -0.356 e. The van der Waals surface area contributed by atoms with E-state index < -0.39 is 0 Å². The number of benzene rings is 2. The van der Waals surface area contributed by atoms with Crippen molar-refractivity contribution in [3.05, 3.63) is 70.8 Å². The standard InChI is InChI=1S/C22H31N5O/c1-23-21(28)18-11-7-8-17(14-18)12-13-25-22(24-2)26-15-19-9-5-6-10-20(19)16-27(3)4/h5-11,14H,12-13,15-16H2,1-4H3,(H,23,28)(H2,24,25,26). The van der Waals surface area contributed by atoms with Crippen LogP contribution in [0.4, 0.5) is 0 Å². The van der Waals surface area contributed by atoms with Crippen LogP contribution in [0.15, 0.2) is 53.5 Å². The summed E-state index contributed by atoms with van der Waals surface area (Å²) in [5, 5.41) is 9.37. The Balaban J connectivity index is 1.87. The van der Waals surface area contributed by atoms with E-state index in [0.717, 1.165) is 37.6 Å². The topological polar surface area (TPSA) is 68.8 Å². The molecule has 0 heterocycles. The molecule has 0 radical (unpaired) electrons. The molecule has 0 saturated heterocycles. The normalized spacial score (nSPS) is 11.4. The van der Waals surface area contributed by atoms with E-state index in [2.05, 4.69) is 64.2 Å². The van der Waals surface area contributed by atoms with Gasteiger partial charge in [-0.3, -0.25) is 9.79 Å². The van der Waals surface area contributed by atoms with Crippen LogP contribution in [0, 0.1) is 0 Å². The maximum atomic E-state index is 11.7. The van der Waals surface area contributed by atoms with Crippen LogP contribution in [0.3, 0.4) is 0 Å². The minimum absolute atomic E-state index is 0.0660. The van der Waals surface area contributed by atoms with Crippen molar-refractivity contribution < 1.29 is 4.79 Å². The zero-order valence-electron chi connectivity index (χ0n) is 17.2. The summed E-state index contributed by atoms with van der Waals surface area (Å²) in [4.78, 5) is 18.2. The van der Waals surface area contributed by atoms with E-state index in [4.69, 9.17) is 0 Å². The molecule has 0 bridgehead atoms. The molecule has 0 unspecified atom stereocenters. The van der Waals surface area contributed by atoms with Crippen molar-refractivity contribution in [1.82, 2.24) is 20.9 Å². The predicted octanol–water partition coefficient (Wildman–Crippen LogP) is 2.02. The molecule has 0 aromatic heterocycles. The van der Waals surface area contributed by atoms with Crippen LogP contribution in [0.2, 0.25) is 0 Å². The summed E-state index contributed by atoms with van der Waals surface area (Å²) in [5.74, 6) is 0.700. The number of nitrogens with zero attached hydrogens (tertiary/aromatic N) is 2. The lowest BCUT2D eigenvalue weighted by atomic mass is 10.1. The van der Waals surface area contributed by atoms with Gasteiger partial charge in [-0.15, -0.1) is 0 Å². The van der Waals surface area contributed by atoms with Crippen molar-refractivity contribution in [3.8, 4) is 0 Å². The third kappa shape index (κ3) is 6.70. The molecule has 2 aromatic carbocycles. The van der Waals surface area contributed by atoms with Gasteiger partial charge in [0.05, 0.1) is 0 Å². The average molecular weight is 382 g/mol. The molecule has 150 valence electrons. The van der Waals surface area contributed by atoms with Crippen molar-refractivity contribution in [2.45, 2.75) is 19.5 Å². The fourth-order valence-corrected chi connectivity index (χ4v) is 2.96. The van der Waals surface area contributed by atoms with Gasteiger partial charge in [-0.1, -0.05) is 36.4 Å². The molecule has 1 amide bonds. The third-order valence-electron chi connectivity index (χ3n) is 4.40. The third-order valence-corrected chi connectivity index (χ3v) is 4.40. The molecule has 0 spiro atoms. The Bertz CT molecular complexity index is 801. The second kappa shape index (κ2) is 11.1. The minimum atomic E-state index is -0.0660. The quantitative estimate of drug-likeness (QED) is 0.483. The Morgan fingerprint density at radius 2 is 1.79 bits per heavy atom. The monoisotopic (exact) mass is 381 g/mol. The van der Waals surface area contributed by atoms with Crippen LogP contribution in [0.1, 0.15) is 27.0 Å². The number of amides is 1. The zero-order chi connectivity index (χ0) is 20.4. The largest absolute Gasteiger partial charge is 0.356 e. The number of nitrogens with one attached hydrogen (secondary N) is 3. The molecule has 3 N–H and O–H groups in total. The van der Waals surface area contributed by atoms with Crippen molar-refractivity contribution in [1.29, 1.82) is 0 Å². The lowest BCUT2D eigenvalue weighted by Crippen LogP contribution is -2.38. The van der Waals surface area contributed by atoms with Gasteiger partial charge in [-0.05, 0) is 49.3 Å². The Kier molecular flexibility index (Phi) is 8.49. The molecule has 0 saturated carbocycles. The predicted molar refractivity (Wildman–Crippen MR) is 116 cm³/mol. The molecule has 0 atom stereocenters. The van der Waals surface area contributed by atoms with Gasteiger partial charge in [0.25, 0.3) is 5.91 Å². The summed E-state index contributed by atoms with van der Waals surface area (Å²) >= 11 is 0. The Hall–Kier alpha value is -2.86. The molecule has 0 fully saturated rings. The first-order valence-corrected chi connectivity index (χ1v) is 9.50. The lowest BCUT2D eigenvalue weighted by Gasteiger charge is -2.16. The highest BCUT2D eigenvalue weighted by molar-refractivity contribution is 5.94. The van der Waals surface area contributed by atoms with Gasteiger partial charge < -0.3 is 20.9 Å². The van der Waals surface area contributed by atoms with Gasteiger partial charge in [0.1, 0.15) is 0 Å². The van der Waals surface area contributed by atoms with Crippen LogP contribution in [0.25, 0.3) is 0 Å². The smallest absolute Gasteiger partial charge is 0.251 e. The number of hydrogen-bond acceptors (Lipinski definition) is 3. The van der Waals surface area contributed by atoms with Crippen LogP contribution in [-0.4, -0.2) is 51.5 Å². The molecule has 2 rings (SSSR count). The van der Waals surface area contributed by atoms with Crippen LogP contribution in [0.5, 0.6) is 0 Å². The fraction of sp³-hybridized carbons (Fsp3) is 0.364. The highest BCUT2D eigenvalue weighted by Crippen LogP contribution is 2.10.